The summed E-state index contributed by atoms with van der Waals surface area (Å²) in [4.78, 5) is 16.6. The Balaban J connectivity index is 1.77. The average Bonchev–Trinajstić information content (AvgIpc) is 3.03. The van der Waals surface area contributed by atoms with Crippen molar-refractivity contribution in [1.82, 2.24) is 4.98 Å². The fourth-order valence-corrected chi connectivity index (χ4v) is 3.75. The van der Waals surface area contributed by atoms with Crippen LogP contribution in [0, 0.1) is 5.92 Å². The molecule has 4 nitrogen and oxygen atoms in total. The first-order valence-electron chi connectivity index (χ1n) is 6.35. The number of amides is 1. The number of thiazole rings is 1. The molecule has 2 aromatic rings. The molecule has 0 fully saturated rings. The van der Waals surface area contributed by atoms with E-state index < -0.39 is 0 Å². The topological polar surface area (TPSA) is 68.0 Å². The van der Waals surface area contributed by atoms with E-state index in [1.165, 1.54) is 0 Å². The number of anilines is 1. The van der Waals surface area contributed by atoms with Crippen LogP contribution < -0.4 is 11.1 Å². The minimum Gasteiger partial charge on any atom is -0.326 e. The van der Waals surface area contributed by atoms with E-state index in [2.05, 4.69) is 10.3 Å². The van der Waals surface area contributed by atoms with E-state index in [1.54, 1.807) is 23.1 Å². The van der Waals surface area contributed by atoms with Crippen LogP contribution in [0.2, 0.25) is 0 Å². The van der Waals surface area contributed by atoms with E-state index in [1.807, 2.05) is 36.6 Å². The maximum absolute atomic E-state index is 12.1. The highest BCUT2D eigenvalue weighted by atomic mass is 32.2. The number of thioether (sulfide) groups is 1. The summed E-state index contributed by atoms with van der Waals surface area (Å²) in [5, 5.41) is 2.95. The zero-order valence-electron chi connectivity index (χ0n) is 11.0. The van der Waals surface area contributed by atoms with Gasteiger partial charge in [-0.3, -0.25) is 4.79 Å². The van der Waals surface area contributed by atoms with Gasteiger partial charge in [-0.25, -0.2) is 4.98 Å². The lowest BCUT2D eigenvalue weighted by Crippen LogP contribution is -2.23. The van der Waals surface area contributed by atoms with E-state index in [-0.39, 0.29) is 17.9 Å². The lowest BCUT2D eigenvalue weighted by Gasteiger charge is -2.10. The van der Waals surface area contributed by atoms with Gasteiger partial charge in [0.15, 0.2) is 4.34 Å². The number of hydrogen-bond donors (Lipinski definition) is 2. The zero-order chi connectivity index (χ0) is 14.1. The minimum atomic E-state index is -0.121. The molecular formula is C14H15N3OS2. The second kappa shape index (κ2) is 5.55. The van der Waals surface area contributed by atoms with Crippen molar-refractivity contribution in [3.63, 3.8) is 0 Å². The second-order valence-corrected chi connectivity index (χ2v) is 6.83. The van der Waals surface area contributed by atoms with E-state index in [9.17, 15) is 4.79 Å². The Labute approximate surface area is 125 Å². The van der Waals surface area contributed by atoms with Crippen LogP contribution in [0.3, 0.4) is 0 Å². The van der Waals surface area contributed by atoms with Crippen molar-refractivity contribution < 1.29 is 4.79 Å². The van der Waals surface area contributed by atoms with E-state index in [0.29, 0.717) is 6.42 Å². The Morgan fingerprint density at radius 3 is 3.05 bits per heavy atom. The van der Waals surface area contributed by atoms with Gasteiger partial charge in [-0.1, -0.05) is 23.9 Å². The molecule has 1 aliphatic carbocycles. The van der Waals surface area contributed by atoms with Crippen molar-refractivity contribution in [3.05, 3.63) is 30.4 Å². The SMILES string of the molecule is CSc1nc2ccc(NC(=O)C3C=CC(N)C3)cc2s1. The van der Waals surface area contributed by atoms with Gasteiger partial charge in [0, 0.05) is 11.7 Å². The molecule has 2 unspecified atom stereocenters. The third-order valence-electron chi connectivity index (χ3n) is 3.26. The molecule has 104 valence electrons. The van der Waals surface area contributed by atoms with Crippen molar-refractivity contribution in [2.45, 2.75) is 16.8 Å². The molecule has 0 bridgehead atoms. The summed E-state index contributed by atoms with van der Waals surface area (Å²) >= 11 is 3.27. The first-order valence-corrected chi connectivity index (χ1v) is 8.39. The molecule has 0 saturated heterocycles. The molecular weight excluding hydrogens is 290 g/mol. The van der Waals surface area contributed by atoms with Crippen molar-refractivity contribution in [1.29, 1.82) is 0 Å². The van der Waals surface area contributed by atoms with Crippen LogP contribution in [0.15, 0.2) is 34.7 Å². The van der Waals surface area contributed by atoms with Gasteiger partial charge in [-0.05, 0) is 30.9 Å². The van der Waals surface area contributed by atoms with Gasteiger partial charge < -0.3 is 11.1 Å². The number of carbonyl (C=O) groups excluding carboxylic acids is 1. The molecule has 1 aromatic carbocycles. The van der Waals surface area contributed by atoms with Gasteiger partial charge in [-0.2, -0.15) is 0 Å². The third kappa shape index (κ3) is 2.72. The Kier molecular flexibility index (Phi) is 3.78. The van der Waals surface area contributed by atoms with Gasteiger partial charge in [0.05, 0.1) is 16.1 Å². The fraction of sp³-hybridized carbons (Fsp3) is 0.286. The summed E-state index contributed by atoms with van der Waals surface area (Å²) in [6.45, 7) is 0. The van der Waals surface area contributed by atoms with Gasteiger partial charge in [0.25, 0.3) is 0 Å². The lowest BCUT2D eigenvalue weighted by molar-refractivity contribution is -0.118. The standard InChI is InChI=1S/C14H15N3OS2/c1-19-14-17-11-5-4-10(7-12(11)20-14)16-13(18)8-2-3-9(15)6-8/h2-5,7-9H,6,15H2,1H3,(H,16,18). The molecule has 0 aliphatic heterocycles. The predicted octanol–water partition coefficient (Wildman–Crippen LogP) is 2.86. The summed E-state index contributed by atoms with van der Waals surface area (Å²) in [6.07, 6.45) is 6.47. The summed E-state index contributed by atoms with van der Waals surface area (Å²) in [5.41, 5.74) is 7.56. The maximum Gasteiger partial charge on any atom is 0.231 e. The van der Waals surface area contributed by atoms with Gasteiger partial charge in [0.2, 0.25) is 5.91 Å². The van der Waals surface area contributed by atoms with Gasteiger partial charge >= 0.3 is 0 Å². The van der Waals surface area contributed by atoms with Crippen LogP contribution in [0.25, 0.3) is 10.2 Å². The number of rotatable bonds is 3. The highest BCUT2D eigenvalue weighted by molar-refractivity contribution is 8.00. The van der Waals surface area contributed by atoms with Crippen molar-refractivity contribution in [3.8, 4) is 0 Å². The maximum atomic E-state index is 12.1. The molecule has 3 rings (SSSR count). The van der Waals surface area contributed by atoms with Crippen LogP contribution in [0.1, 0.15) is 6.42 Å². The summed E-state index contributed by atoms with van der Waals surface area (Å²) in [6, 6.07) is 5.81. The average molecular weight is 305 g/mol. The minimum absolute atomic E-state index is 0.00105. The normalized spacial score (nSPS) is 21.5. The quantitative estimate of drug-likeness (QED) is 0.676. The molecule has 3 N–H and O–H groups in total. The molecule has 0 saturated carbocycles. The molecule has 1 amide bonds. The van der Waals surface area contributed by atoms with Crippen LogP contribution in [0.4, 0.5) is 5.69 Å². The molecule has 20 heavy (non-hydrogen) atoms. The predicted molar refractivity (Wildman–Crippen MR) is 85.3 cm³/mol. The van der Waals surface area contributed by atoms with E-state index >= 15 is 0 Å². The Bertz CT molecular complexity index is 680. The molecule has 1 aliphatic rings. The van der Waals surface area contributed by atoms with Crippen LogP contribution in [-0.2, 0) is 4.79 Å². The first kappa shape index (κ1) is 13.6. The molecule has 1 aromatic heterocycles. The number of nitrogens with zero attached hydrogens (tertiary/aromatic N) is 1. The number of hydrogen-bond acceptors (Lipinski definition) is 5. The Morgan fingerprint density at radius 2 is 2.35 bits per heavy atom. The van der Waals surface area contributed by atoms with Crippen LogP contribution in [-0.4, -0.2) is 23.2 Å². The molecule has 6 heteroatoms. The largest absolute Gasteiger partial charge is 0.326 e. The molecule has 1 heterocycles. The number of benzene rings is 1. The number of aromatic nitrogens is 1. The number of carbonyl (C=O) groups is 1. The van der Waals surface area contributed by atoms with Crippen molar-refractivity contribution in [2.24, 2.45) is 11.7 Å². The number of nitrogens with one attached hydrogen (secondary N) is 1. The highest BCUT2D eigenvalue weighted by Gasteiger charge is 2.22. The van der Waals surface area contributed by atoms with Gasteiger partial charge in [0.1, 0.15) is 0 Å². The smallest absolute Gasteiger partial charge is 0.231 e. The monoisotopic (exact) mass is 305 g/mol. The molecule has 2 atom stereocenters. The summed E-state index contributed by atoms with van der Waals surface area (Å²) < 4.78 is 2.12. The lowest BCUT2D eigenvalue weighted by atomic mass is 10.1. The third-order valence-corrected chi connectivity index (χ3v) is 5.27. The summed E-state index contributed by atoms with van der Waals surface area (Å²) in [7, 11) is 0. The number of nitrogens with two attached hydrogens (primary N) is 1. The van der Waals surface area contributed by atoms with E-state index in [0.717, 1.165) is 20.2 Å². The van der Waals surface area contributed by atoms with Gasteiger partial charge in [-0.15, -0.1) is 11.3 Å². The summed E-state index contributed by atoms with van der Waals surface area (Å²) in [5.74, 6) is -0.118. The number of fused-ring (bicyclic) bond motifs is 1. The Hall–Kier alpha value is -1.37. The Morgan fingerprint density at radius 1 is 1.50 bits per heavy atom. The van der Waals surface area contributed by atoms with Crippen molar-refractivity contribution >= 4 is 44.9 Å². The van der Waals surface area contributed by atoms with Crippen molar-refractivity contribution in [2.75, 3.05) is 11.6 Å². The van der Waals surface area contributed by atoms with E-state index in [4.69, 9.17) is 5.73 Å². The van der Waals surface area contributed by atoms with Crippen LogP contribution >= 0.6 is 23.1 Å². The highest BCUT2D eigenvalue weighted by Crippen LogP contribution is 2.30. The second-order valence-electron chi connectivity index (χ2n) is 4.75. The molecule has 0 radical (unpaired) electrons. The first-order chi connectivity index (χ1) is 9.65. The fourth-order valence-electron chi connectivity index (χ4n) is 2.23. The van der Waals surface area contributed by atoms with Crippen LogP contribution in [0.5, 0.6) is 0 Å². The zero-order valence-corrected chi connectivity index (χ0v) is 12.6. The molecule has 0 spiro atoms.